The van der Waals surface area contributed by atoms with E-state index in [0.717, 1.165) is 10.6 Å². The van der Waals surface area contributed by atoms with E-state index in [-0.39, 0.29) is 6.61 Å². The van der Waals surface area contributed by atoms with Crippen LogP contribution < -0.4 is 0 Å². The fraction of sp³-hybridized carbons (Fsp3) is 0.333. The summed E-state index contributed by atoms with van der Waals surface area (Å²) >= 11 is 7.32. The lowest BCUT2D eigenvalue weighted by Gasteiger charge is -2.07. The van der Waals surface area contributed by atoms with Crippen LogP contribution in [0.25, 0.3) is 0 Å². The van der Waals surface area contributed by atoms with Gasteiger partial charge < -0.3 is 4.74 Å². The van der Waals surface area contributed by atoms with Crippen LogP contribution in [0.2, 0.25) is 5.02 Å². The number of thioether (sulfide) groups is 1. The molecule has 0 aliphatic carbocycles. The number of Topliss-reactive ketones (excluding diaryl/α,β-unsaturated/α-hetero) is 1. The highest BCUT2D eigenvalue weighted by Gasteiger charge is 2.21. The molecule has 0 aromatic heterocycles. The Kier molecular flexibility index (Phi) is 5.51. The molecule has 0 amide bonds. The van der Waals surface area contributed by atoms with Crippen molar-refractivity contribution < 1.29 is 14.3 Å². The van der Waals surface area contributed by atoms with Gasteiger partial charge in [0.1, 0.15) is 0 Å². The number of carbonyl (C=O) groups excluding carboxylic acids is 2. The van der Waals surface area contributed by atoms with Crippen LogP contribution in [-0.4, -0.2) is 24.1 Å². The van der Waals surface area contributed by atoms with Crippen molar-refractivity contribution in [3.8, 4) is 0 Å². The molecule has 17 heavy (non-hydrogen) atoms. The first-order valence-electron chi connectivity index (χ1n) is 5.24. The maximum absolute atomic E-state index is 11.8. The molecule has 3 nitrogen and oxygen atoms in total. The Morgan fingerprint density at radius 3 is 2.65 bits per heavy atom. The Labute approximate surface area is 109 Å². The van der Waals surface area contributed by atoms with Gasteiger partial charge in [0, 0.05) is 15.5 Å². The molecule has 0 aliphatic heterocycles. The molecule has 0 spiro atoms. The first kappa shape index (κ1) is 14.1. The zero-order valence-corrected chi connectivity index (χ0v) is 11.2. The van der Waals surface area contributed by atoms with Crippen molar-refractivity contribution >= 4 is 35.1 Å². The number of halogens is 1. The van der Waals surface area contributed by atoms with Crippen LogP contribution in [0, 0.1) is 0 Å². The van der Waals surface area contributed by atoms with Crippen molar-refractivity contribution in [3.63, 3.8) is 0 Å². The largest absolute Gasteiger partial charge is 0.460 e. The van der Waals surface area contributed by atoms with Crippen molar-refractivity contribution in [2.45, 2.75) is 18.7 Å². The molecule has 0 saturated heterocycles. The average Bonchev–Trinajstić information content (AvgIpc) is 2.31. The standard InChI is InChI=1S/C12H13ClO3S/c1-3-16-12(15)11(14)9-7-8(13)5-6-10(9)17-4-2/h5-7H,3-4H2,1-2H3. The molecule has 0 radical (unpaired) electrons. The maximum atomic E-state index is 11.8. The summed E-state index contributed by atoms with van der Waals surface area (Å²) in [7, 11) is 0. The molecule has 92 valence electrons. The smallest absolute Gasteiger partial charge is 0.379 e. The summed E-state index contributed by atoms with van der Waals surface area (Å²) in [5.74, 6) is -0.678. The highest BCUT2D eigenvalue weighted by molar-refractivity contribution is 7.99. The second-order valence-electron chi connectivity index (χ2n) is 3.12. The molecule has 0 fully saturated rings. The molecule has 1 aromatic rings. The molecule has 0 heterocycles. The molecule has 1 aromatic carbocycles. The van der Waals surface area contributed by atoms with Crippen LogP contribution in [0.15, 0.2) is 23.1 Å². The second kappa shape index (κ2) is 6.67. The maximum Gasteiger partial charge on any atom is 0.379 e. The van der Waals surface area contributed by atoms with E-state index in [9.17, 15) is 9.59 Å². The molecule has 0 bridgehead atoms. The van der Waals surface area contributed by atoms with Gasteiger partial charge in [0.2, 0.25) is 0 Å². The van der Waals surface area contributed by atoms with Crippen LogP contribution >= 0.6 is 23.4 Å². The molecule has 5 heteroatoms. The minimum Gasteiger partial charge on any atom is -0.460 e. The summed E-state index contributed by atoms with van der Waals surface area (Å²) in [6.45, 7) is 3.81. The van der Waals surface area contributed by atoms with E-state index in [2.05, 4.69) is 0 Å². The van der Waals surface area contributed by atoms with Crippen LogP contribution in [0.5, 0.6) is 0 Å². The Morgan fingerprint density at radius 2 is 2.06 bits per heavy atom. The van der Waals surface area contributed by atoms with Gasteiger partial charge in [-0.1, -0.05) is 18.5 Å². The van der Waals surface area contributed by atoms with Gasteiger partial charge in [-0.2, -0.15) is 0 Å². The predicted molar refractivity (Wildman–Crippen MR) is 68.8 cm³/mol. The highest BCUT2D eigenvalue weighted by atomic mass is 35.5. The zero-order chi connectivity index (χ0) is 12.8. The van der Waals surface area contributed by atoms with Gasteiger partial charge in [-0.3, -0.25) is 4.79 Å². The van der Waals surface area contributed by atoms with Gasteiger partial charge in [0.05, 0.1) is 6.61 Å². The van der Waals surface area contributed by atoms with Crippen molar-refractivity contribution in [1.82, 2.24) is 0 Å². The van der Waals surface area contributed by atoms with Gasteiger partial charge in [-0.25, -0.2) is 4.79 Å². The summed E-state index contributed by atoms with van der Waals surface area (Å²) in [6.07, 6.45) is 0. The Balaban J connectivity index is 3.05. The number of rotatable bonds is 5. The minimum absolute atomic E-state index is 0.182. The molecular formula is C12H13ClO3S. The molecule has 1 rings (SSSR count). The zero-order valence-electron chi connectivity index (χ0n) is 9.66. The predicted octanol–water partition coefficient (Wildman–Crippen LogP) is 3.20. The fourth-order valence-corrected chi connectivity index (χ4v) is 2.22. The number of benzene rings is 1. The number of carbonyl (C=O) groups is 2. The van der Waals surface area contributed by atoms with E-state index >= 15 is 0 Å². The lowest BCUT2D eigenvalue weighted by molar-refractivity contribution is -0.137. The van der Waals surface area contributed by atoms with Gasteiger partial charge in [-0.15, -0.1) is 11.8 Å². The third-order valence-corrected chi connectivity index (χ3v) is 3.14. The van der Waals surface area contributed by atoms with E-state index < -0.39 is 11.8 Å². The highest BCUT2D eigenvalue weighted by Crippen LogP contribution is 2.26. The summed E-state index contributed by atoms with van der Waals surface area (Å²) in [6, 6.07) is 4.93. The Hall–Kier alpha value is -1.000. The van der Waals surface area contributed by atoms with Gasteiger partial charge in [0.15, 0.2) is 0 Å². The summed E-state index contributed by atoms with van der Waals surface area (Å²) in [5.41, 5.74) is 0.308. The SMILES string of the molecule is CCOC(=O)C(=O)c1cc(Cl)ccc1SCC. The second-order valence-corrected chi connectivity index (χ2v) is 4.87. The van der Waals surface area contributed by atoms with Crippen molar-refractivity contribution in [1.29, 1.82) is 0 Å². The number of hydrogen-bond acceptors (Lipinski definition) is 4. The average molecular weight is 273 g/mol. The normalized spacial score (nSPS) is 10.1. The first-order chi connectivity index (χ1) is 8.10. The number of hydrogen-bond donors (Lipinski definition) is 0. The topological polar surface area (TPSA) is 43.4 Å². The van der Waals surface area contributed by atoms with Crippen molar-refractivity contribution in [2.75, 3.05) is 12.4 Å². The van der Waals surface area contributed by atoms with E-state index in [4.69, 9.17) is 16.3 Å². The summed E-state index contributed by atoms with van der Waals surface area (Å²) < 4.78 is 4.69. The molecule has 0 saturated carbocycles. The third-order valence-electron chi connectivity index (χ3n) is 1.95. The molecule has 0 atom stereocenters. The first-order valence-corrected chi connectivity index (χ1v) is 6.60. The van der Waals surface area contributed by atoms with Crippen molar-refractivity contribution in [2.24, 2.45) is 0 Å². The molecular weight excluding hydrogens is 260 g/mol. The third kappa shape index (κ3) is 3.75. The van der Waals surface area contributed by atoms with E-state index in [1.807, 2.05) is 6.92 Å². The van der Waals surface area contributed by atoms with Gasteiger partial charge >= 0.3 is 5.97 Å². The summed E-state index contributed by atoms with van der Waals surface area (Å²) in [4.78, 5) is 24.0. The lowest BCUT2D eigenvalue weighted by atomic mass is 10.1. The quantitative estimate of drug-likeness (QED) is 0.357. The van der Waals surface area contributed by atoms with Crippen LogP contribution in [0.3, 0.4) is 0 Å². The van der Waals surface area contributed by atoms with Crippen LogP contribution in [-0.2, 0) is 9.53 Å². The van der Waals surface area contributed by atoms with Crippen molar-refractivity contribution in [3.05, 3.63) is 28.8 Å². The molecule has 0 N–H and O–H groups in total. The van der Waals surface area contributed by atoms with E-state index in [1.54, 1.807) is 19.1 Å². The van der Waals surface area contributed by atoms with E-state index in [0.29, 0.717) is 10.6 Å². The molecule has 0 aliphatic rings. The number of esters is 1. The Morgan fingerprint density at radius 1 is 1.35 bits per heavy atom. The Bertz CT molecular complexity index is 432. The molecule has 0 unspecified atom stereocenters. The monoisotopic (exact) mass is 272 g/mol. The number of ketones is 1. The van der Waals surface area contributed by atoms with Crippen LogP contribution in [0.4, 0.5) is 0 Å². The van der Waals surface area contributed by atoms with E-state index in [1.165, 1.54) is 17.8 Å². The number of ether oxygens (including phenoxy) is 1. The van der Waals surface area contributed by atoms with Gasteiger partial charge in [-0.05, 0) is 30.9 Å². The van der Waals surface area contributed by atoms with Gasteiger partial charge in [0.25, 0.3) is 5.78 Å². The fourth-order valence-electron chi connectivity index (χ4n) is 1.27. The summed E-state index contributed by atoms with van der Waals surface area (Å²) in [5, 5.41) is 0.429. The minimum atomic E-state index is -0.840. The lowest BCUT2D eigenvalue weighted by Crippen LogP contribution is -2.18. The van der Waals surface area contributed by atoms with Crippen LogP contribution in [0.1, 0.15) is 24.2 Å².